The number of hydrogen-bond acceptors (Lipinski definition) is 5. The Bertz CT molecular complexity index is 3130. The molecular formula is C48H31N3O2. The van der Waals surface area contributed by atoms with Gasteiger partial charge in [-0.3, -0.25) is 0 Å². The highest BCUT2D eigenvalue weighted by Gasteiger charge is 2.25. The third-order valence-electron chi connectivity index (χ3n) is 10.7. The van der Waals surface area contributed by atoms with Gasteiger partial charge in [0.25, 0.3) is 0 Å². The minimum absolute atomic E-state index is 0.307. The normalized spacial score (nSPS) is 14.2. The van der Waals surface area contributed by atoms with Gasteiger partial charge in [0.15, 0.2) is 17.5 Å². The van der Waals surface area contributed by atoms with Crippen LogP contribution in [0, 0.1) is 0 Å². The van der Waals surface area contributed by atoms with Gasteiger partial charge in [-0.05, 0) is 69.8 Å². The molecule has 1 atom stereocenters. The number of aromatic nitrogens is 3. The summed E-state index contributed by atoms with van der Waals surface area (Å²) >= 11 is 0. The van der Waals surface area contributed by atoms with Gasteiger partial charge in [0.2, 0.25) is 0 Å². The molecule has 1 aliphatic rings. The summed E-state index contributed by atoms with van der Waals surface area (Å²) in [7, 11) is 0. The fourth-order valence-electron chi connectivity index (χ4n) is 8.18. The highest BCUT2D eigenvalue weighted by molar-refractivity contribution is 6.15. The molecule has 0 fully saturated rings. The fraction of sp³-hybridized carbons (Fsp3) is 0.0625. The molecule has 11 rings (SSSR count). The molecule has 5 nitrogen and oxygen atoms in total. The second-order valence-electron chi connectivity index (χ2n) is 14.0. The lowest BCUT2D eigenvalue weighted by molar-refractivity contribution is 0.586. The van der Waals surface area contributed by atoms with Crippen LogP contribution in [0.2, 0.25) is 0 Å². The molecule has 0 N–H and O–H groups in total. The van der Waals surface area contributed by atoms with Gasteiger partial charge in [-0.25, -0.2) is 15.0 Å². The van der Waals surface area contributed by atoms with Crippen LogP contribution < -0.4 is 0 Å². The molecule has 0 saturated heterocycles. The molecule has 0 saturated carbocycles. The minimum Gasteiger partial charge on any atom is -0.456 e. The zero-order valence-electron chi connectivity index (χ0n) is 28.9. The lowest BCUT2D eigenvalue weighted by Crippen LogP contribution is -2.02. The third-order valence-corrected chi connectivity index (χ3v) is 10.7. The van der Waals surface area contributed by atoms with Crippen LogP contribution in [0.1, 0.15) is 30.6 Å². The van der Waals surface area contributed by atoms with Crippen molar-refractivity contribution < 1.29 is 8.83 Å². The van der Waals surface area contributed by atoms with E-state index in [0.29, 0.717) is 23.4 Å². The van der Waals surface area contributed by atoms with Crippen LogP contribution in [0.5, 0.6) is 0 Å². The Kier molecular flexibility index (Phi) is 6.52. The van der Waals surface area contributed by atoms with E-state index in [1.165, 1.54) is 21.7 Å². The number of benzene rings is 7. The minimum atomic E-state index is 0.307. The zero-order valence-corrected chi connectivity index (χ0v) is 28.9. The van der Waals surface area contributed by atoms with Crippen molar-refractivity contribution in [2.24, 2.45) is 0 Å². The quantitative estimate of drug-likeness (QED) is 0.185. The van der Waals surface area contributed by atoms with Gasteiger partial charge in [0.1, 0.15) is 22.5 Å². The van der Waals surface area contributed by atoms with E-state index in [9.17, 15) is 0 Å². The predicted octanol–water partition coefficient (Wildman–Crippen LogP) is 13.0. The average Bonchev–Trinajstić information content (AvgIpc) is 3.80. The molecule has 0 aliphatic heterocycles. The van der Waals surface area contributed by atoms with Crippen LogP contribution >= 0.6 is 0 Å². The highest BCUT2D eigenvalue weighted by Crippen LogP contribution is 2.44. The summed E-state index contributed by atoms with van der Waals surface area (Å²) in [4.78, 5) is 15.7. The van der Waals surface area contributed by atoms with Crippen molar-refractivity contribution in [3.05, 3.63) is 157 Å². The number of nitrogens with zero attached hydrogens (tertiary/aromatic N) is 3. The maximum Gasteiger partial charge on any atom is 0.164 e. The maximum absolute atomic E-state index is 6.72. The van der Waals surface area contributed by atoms with Crippen molar-refractivity contribution in [2.75, 3.05) is 0 Å². The van der Waals surface area contributed by atoms with Gasteiger partial charge in [-0.15, -0.1) is 0 Å². The predicted molar refractivity (Wildman–Crippen MR) is 216 cm³/mol. The first kappa shape index (κ1) is 29.8. The fourth-order valence-corrected chi connectivity index (χ4v) is 8.18. The molecule has 0 radical (unpaired) electrons. The molecule has 3 heterocycles. The van der Waals surface area contributed by atoms with Gasteiger partial charge in [0, 0.05) is 44.0 Å². The summed E-state index contributed by atoms with van der Waals surface area (Å²) in [5.41, 5.74) is 8.57. The maximum atomic E-state index is 6.72. The number of hydrogen-bond donors (Lipinski definition) is 0. The summed E-state index contributed by atoms with van der Waals surface area (Å²) in [6, 6.07) is 48.5. The number of para-hydroxylation sites is 1. The smallest absolute Gasteiger partial charge is 0.164 e. The molecule has 5 heteroatoms. The summed E-state index contributed by atoms with van der Waals surface area (Å²) in [6.45, 7) is 2.25. The van der Waals surface area contributed by atoms with Crippen molar-refractivity contribution in [2.45, 2.75) is 19.3 Å². The Balaban J connectivity index is 1.16. The molecule has 0 bridgehead atoms. The molecule has 7 aromatic carbocycles. The van der Waals surface area contributed by atoms with Crippen molar-refractivity contribution >= 4 is 60.5 Å². The van der Waals surface area contributed by atoms with E-state index in [4.69, 9.17) is 23.8 Å². The molecule has 250 valence electrons. The molecule has 1 aliphatic carbocycles. The van der Waals surface area contributed by atoms with Crippen LogP contribution in [-0.4, -0.2) is 15.0 Å². The third kappa shape index (κ3) is 4.74. The average molecular weight is 682 g/mol. The molecule has 53 heavy (non-hydrogen) atoms. The van der Waals surface area contributed by atoms with Gasteiger partial charge in [-0.2, -0.15) is 0 Å². The van der Waals surface area contributed by atoms with E-state index in [2.05, 4.69) is 134 Å². The first-order valence-electron chi connectivity index (χ1n) is 18.1. The van der Waals surface area contributed by atoms with Crippen molar-refractivity contribution in [3.63, 3.8) is 0 Å². The summed E-state index contributed by atoms with van der Waals surface area (Å²) in [5, 5.41) is 7.75. The molecular weight excluding hydrogens is 651 g/mol. The van der Waals surface area contributed by atoms with Gasteiger partial charge in [0.05, 0.1) is 0 Å². The van der Waals surface area contributed by atoms with E-state index in [1.54, 1.807) is 0 Å². The number of rotatable bonds is 4. The van der Waals surface area contributed by atoms with E-state index in [1.807, 2.05) is 24.3 Å². The van der Waals surface area contributed by atoms with E-state index < -0.39 is 0 Å². The van der Waals surface area contributed by atoms with Crippen LogP contribution in [0.4, 0.5) is 0 Å². The van der Waals surface area contributed by atoms with Gasteiger partial charge in [-0.1, -0.05) is 128 Å². The molecule has 1 unspecified atom stereocenters. The standard InChI is InChI=1S/C48H31N3O2/c1-28-10-6-19-39-42(28)44-38(18-9-21-41(44)52-39)48-50-46(34-25-23-30-12-3-5-14-32(30)27-34)49-47(51-48)37-17-8-20-40-43(37)36-16-7-15-35(45(36)53-40)33-24-22-29-11-2-4-13-31(29)26-33/h2-9,11-28H,10H2,1H3. The number of fused-ring (bicyclic) bond motifs is 8. The zero-order chi connectivity index (χ0) is 35.0. The summed E-state index contributed by atoms with van der Waals surface area (Å²) < 4.78 is 13.1. The molecule has 3 aromatic heterocycles. The van der Waals surface area contributed by atoms with Crippen LogP contribution in [-0.2, 0) is 0 Å². The van der Waals surface area contributed by atoms with Crippen LogP contribution in [0.25, 0.3) is 106 Å². The Morgan fingerprint density at radius 1 is 0.509 bits per heavy atom. The monoisotopic (exact) mass is 681 g/mol. The Hall–Kier alpha value is -6.85. The van der Waals surface area contributed by atoms with Gasteiger partial charge < -0.3 is 8.83 Å². The lowest BCUT2D eigenvalue weighted by Gasteiger charge is -2.14. The van der Waals surface area contributed by atoms with Crippen molar-refractivity contribution in [1.82, 2.24) is 15.0 Å². The number of allylic oxidation sites excluding steroid dienone is 1. The largest absolute Gasteiger partial charge is 0.456 e. The highest BCUT2D eigenvalue weighted by atomic mass is 16.3. The topological polar surface area (TPSA) is 65.0 Å². The Morgan fingerprint density at radius 3 is 1.83 bits per heavy atom. The Labute approximate surface area is 304 Å². The van der Waals surface area contributed by atoms with Crippen LogP contribution in [0.3, 0.4) is 0 Å². The second-order valence-corrected chi connectivity index (χ2v) is 14.0. The van der Waals surface area contributed by atoms with E-state index in [-0.39, 0.29) is 0 Å². The SMILES string of the molecule is CC1CC=Cc2oc3cccc(-c4nc(-c5ccc6ccccc6c5)nc(-c5cccc6oc7c(-c8ccc9ccccc9c8)cccc7c56)n4)c3c21. The van der Waals surface area contributed by atoms with Gasteiger partial charge >= 0.3 is 0 Å². The molecule has 10 aromatic rings. The van der Waals surface area contributed by atoms with Crippen molar-refractivity contribution in [3.8, 4) is 45.3 Å². The lowest BCUT2D eigenvalue weighted by atomic mass is 9.89. The van der Waals surface area contributed by atoms with E-state index in [0.717, 1.165) is 78.3 Å². The summed E-state index contributed by atoms with van der Waals surface area (Å²) in [5.74, 6) is 3.02. The molecule has 0 amide bonds. The summed E-state index contributed by atoms with van der Waals surface area (Å²) in [6.07, 6.45) is 5.24. The number of furan rings is 2. The van der Waals surface area contributed by atoms with Crippen LogP contribution in [0.15, 0.2) is 154 Å². The van der Waals surface area contributed by atoms with Crippen molar-refractivity contribution in [1.29, 1.82) is 0 Å². The first-order valence-corrected chi connectivity index (χ1v) is 18.1. The molecule has 0 spiro atoms. The van der Waals surface area contributed by atoms with E-state index >= 15 is 0 Å². The second kappa shape index (κ2) is 11.6. The first-order chi connectivity index (χ1) is 26.2. The Morgan fingerprint density at radius 2 is 1.09 bits per heavy atom.